The Labute approximate surface area is 366 Å². The van der Waals surface area contributed by atoms with Crippen LogP contribution in [0.5, 0.6) is 0 Å². The van der Waals surface area contributed by atoms with Crippen LogP contribution in [0.2, 0.25) is 5.02 Å². The van der Waals surface area contributed by atoms with E-state index < -0.39 is 5.91 Å². The highest BCUT2D eigenvalue weighted by atomic mass is 35.5. The van der Waals surface area contributed by atoms with Crippen molar-refractivity contribution in [3.05, 3.63) is 86.9 Å². The number of unbranched alkanes of at least 4 members (excludes halogenated alkanes) is 2. The van der Waals surface area contributed by atoms with Crippen molar-refractivity contribution >= 4 is 75.0 Å². The highest BCUT2D eigenvalue weighted by Crippen LogP contribution is 2.32. The molecule has 6 rings (SSSR count). The minimum absolute atomic E-state index is 0.00423. The first-order valence-corrected chi connectivity index (χ1v) is 21.4. The fourth-order valence-corrected chi connectivity index (χ4v) is 7.95. The van der Waals surface area contributed by atoms with Gasteiger partial charge in [-0.05, 0) is 94.0 Å². The number of carbonyl (C=O) groups is 3. The van der Waals surface area contributed by atoms with Gasteiger partial charge in [0.1, 0.15) is 23.1 Å². The summed E-state index contributed by atoms with van der Waals surface area (Å²) in [4.78, 5) is 71.5. The number of fused-ring (bicyclic) bond motifs is 1. The fraction of sp³-hybridized carbons (Fsp3) is 0.432. The van der Waals surface area contributed by atoms with E-state index in [0.717, 1.165) is 76.8 Å². The molecule has 6 N–H and O–H groups in total. The van der Waals surface area contributed by atoms with E-state index in [1.54, 1.807) is 61.1 Å². The van der Waals surface area contributed by atoms with E-state index in [1.807, 2.05) is 12.1 Å². The van der Waals surface area contributed by atoms with Gasteiger partial charge in [0.15, 0.2) is 5.78 Å². The summed E-state index contributed by atoms with van der Waals surface area (Å²) in [5, 5.41) is 29.1. The second-order valence-electron chi connectivity index (χ2n) is 15.9. The summed E-state index contributed by atoms with van der Waals surface area (Å²) in [6, 6.07) is 8.77. The zero-order valence-electron chi connectivity index (χ0n) is 35.8. The third-order valence-corrected chi connectivity index (χ3v) is 11.4. The molecule has 1 saturated carbocycles. The van der Waals surface area contributed by atoms with Gasteiger partial charge in [0.2, 0.25) is 11.9 Å². The van der Waals surface area contributed by atoms with E-state index in [9.17, 15) is 19.2 Å². The number of amides is 2. The Bertz CT molecular complexity index is 2380. The molecule has 3 aromatic heterocycles. The largest absolute Gasteiger partial charge is 0.384 e. The van der Waals surface area contributed by atoms with Crippen LogP contribution < -0.4 is 31.7 Å². The highest BCUT2D eigenvalue weighted by molar-refractivity contribution is 6.31. The van der Waals surface area contributed by atoms with E-state index in [1.165, 1.54) is 19.1 Å². The number of benzene rings is 1. The molecule has 0 unspecified atom stereocenters. The first-order valence-electron chi connectivity index (χ1n) is 21.1. The lowest BCUT2D eigenvalue weighted by atomic mass is 10.0. The molecule has 0 spiro atoms. The molecule has 0 bridgehead atoms. The number of hydrogen-bond acceptors (Lipinski definition) is 13. The SMILES string of the molecule is CC(=O)c1c(C)c2cnc(Nc3ccc(N4CCN(CC(=O)NCCCCCNc5cc(Cl)ccc5C(=O)NC(=N)/C=C\C(=N)N(C)C)CC4)cn3)nc2n(C2CCCC2)c1=O. The summed E-state index contributed by atoms with van der Waals surface area (Å²) in [5.74, 6) is 0.240. The Morgan fingerprint density at radius 1 is 0.952 bits per heavy atom. The third-order valence-electron chi connectivity index (χ3n) is 11.2. The fourth-order valence-electron chi connectivity index (χ4n) is 7.77. The van der Waals surface area contributed by atoms with Gasteiger partial charge in [-0.3, -0.25) is 39.5 Å². The van der Waals surface area contributed by atoms with Crippen LogP contribution in [0, 0.1) is 17.7 Å². The highest BCUT2D eigenvalue weighted by Gasteiger charge is 2.26. The number of hydrogen-bond donors (Lipinski definition) is 6. The van der Waals surface area contributed by atoms with Crippen LogP contribution in [0.1, 0.15) is 84.2 Å². The Morgan fingerprint density at radius 2 is 1.69 bits per heavy atom. The predicted molar refractivity (Wildman–Crippen MR) is 245 cm³/mol. The van der Waals surface area contributed by atoms with Crippen molar-refractivity contribution in [1.29, 1.82) is 10.8 Å². The number of Topliss-reactive ketones (excluding diaryl/α,β-unsaturated/α-hetero) is 1. The maximum Gasteiger partial charge on any atom is 0.263 e. The number of likely N-dealkylation sites (N-methyl/N-ethyl adjacent to an activating group) is 1. The monoisotopic (exact) mass is 865 g/mol. The Morgan fingerprint density at radius 3 is 2.39 bits per heavy atom. The van der Waals surface area contributed by atoms with Crippen molar-refractivity contribution in [3.63, 3.8) is 0 Å². The van der Waals surface area contributed by atoms with Crippen molar-refractivity contribution in [1.82, 2.24) is 40.0 Å². The van der Waals surface area contributed by atoms with Crippen molar-refractivity contribution in [3.8, 4) is 0 Å². The van der Waals surface area contributed by atoms with Gasteiger partial charge in [0, 0.05) is 81.7 Å². The number of rotatable bonds is 17. The van der Waals surface area contributed by atoms with Crippen LogP contribution in [0.3, 0.4) is 0 Å². The molecule has 0 radical (unpaired) electrons. The number of carbonyl (C=O) groups excluding carboxylic acids is 3. The van der Waals surface area contributed by atoms with Crippen LogP contribution in [0.25, 0.3) is 11.0 Å². The maximum atomic E-state index is 13.6. The number of halogens is 1. The van der Waals surface area contributed by atoms with Crippen molar-refractivity contribution in [2.24, 2.45) is 0 Å². The number of anilines is 4. The number of pyridine rings is 2. The minimum Gasteiger partial charge on any atom is -0.384 e. The molecule has 62 heavy (non-hydrogen) atoms. The number of aromatic nitrogens is 4. The molecule has 17 nitrogen and oxygen atoms in total. The zero-order valence-corrected chi connectivity index (χ0v) is 36.6. The molecule has 2 aliphatic rings. The number of nitrogens with one attached hydrogen (secondary N) is 6. The van der Waals surface area contributed by atoms with Crippen molar-refractivity contribution < 1.29 is 14.4 Å². The van der Waals surface area contributed by atoms with Gasteiger partial charge < -0.3 is 31.1 Å². The lowest BCUT2D eigenvalue weighted by Gasteiger charge is -2.35. The summed E-state index contributed by atoms with van der Waals surface area (Å²) >= 11 is 6.21. The molecular weight excluding hydrogens is 810 g/mol. The smallest absolute Gasteiger partial charge is 0.263 e. The summed E-state index contributed by atoms with van der Waals surface area (Å²) in [5.41, 5.74) is 2.93. The topological polar surface area (TPSA) is 217 Å². The third kappa shape index (κ3) is 11.6. The number of ketones is 1. The van der Waals surface area contributed by atoms with Gasteiger partial charge in [-0.1, -0.05) is 24.4 Å². The van der Waals surface area contributed by atoms with Crippen LogP contribution >= 0.6 is 11.6 Å². The first kappa shape index (κ1) is 45.3. The maximum absolute atomic E-state index is 13.6. The molecule has 4 heterocycles. The number of nitrogens with zero attached hydrogens (tertiary/aromatic N) is 7. The molecule has 1 aliphatic heterocycles. The standard InChI is InChI=1S/C44H56ClN13O4/c1-28-34-26-51-44(54-41(34)58(31-10-6-7-11-31)43(62)40(28)29(2)59)53-38-17-13-32(25-50-38)57-22-20-56(21-23-57)27-39(60)49-19-9-5-8-18-48-35-24-30(45)12-14-33(35)42(61)52-36(46)15-16-37(47)55(3)4/h12-17,24-26,31,47-48H,5-11,18-23,27H2,1-4H3,(H,49,60)(H2,46,52,61)(H,50,51,53,54)/b16-15-,47-37?. The summed E-state index contributed by atoms with van der Waals surface area (Å²) < 4.78 is 1.70. The van der Waals surface area contributed by atoms with E-state index in [2.05, 4.69) is 41.0 Å². The molecule has 4 aromatic rings. The van der Waals surface area contributed by atoms with E-state index in [-0.39, 0.29) is 40.5 Å². The van der Waals surface area contributed by atoms with Crippen molar-refractivity contribution in [2.45, 2.75) is 64.8 Å². The molecule has 1 aromatic carbocycles. The lowest BCUT2D eigenvalue weighted by molar-refractivity contribution is -0.122. The molecule has 1 saturated heterocycles. The van der Waals surface area contributed by atoms with Gasteiger partial charge in [-0.25, -0.2) is 9.97 Å². The molecule has 18 heteroatoms. The summed E-state index contributed by atoms with van der Waals surface area (Å²) in [7, 11) is 3.44. The second-order valence-corrected chi connectivity index (χ2v) is 16.3. The molecule has 2 fully saturated rings. The summed E-state index contributed by atoms with van der Waals surface area (Å²) in [6.07, 6.45) is 12.6. The van der Waals surface area contributed by atoms with Gasteiger partial charge in [-0.2, -0.15) is 4.98 Å². The molecule has 328 valence electrons. The minimum atomic E-state index is -0.454. The quantitative estimate of drug-likeness (QED) is 0.0334. The Balaban J connectivity index is 0.903. The average Bonchev–Trinajstić information content (AvgIpc) is 3.77. The average molecular weight is 866 g/mol. The normalized spacial score (nSPS) is 14.6. The number of aryl methyl sites for hydroxylation is 1. The molecule has 1 aliphatic carbocycles. The Kier molecular flexibility index (Phi) is 15.4. The van der Waals surface area contributed by atoms with Crippen LogP contribution in [0.15, 0.2) is 59.7 Å². The Hall–Kier alpha value is -6.20. The molecule has 0 atom stereocenters. The zero-order chi connectivity index (χ0) is 44.3. The van der Waals surface area contributed by atoms with E-state index >= 15 is 0 Å². The number of amidine groups is 2. The first-order chi connectivity index (χ1) is 29.8. The van der Waals surface area contributed by atoms with Crippen molar-refractivity contribution in [2.75, 3.05) is 75.4 Å². The summed E-state index contributed by atoms with van der Waals surface area (Å²) in [6.45, 7) is 7.68. The molecule has 2 amide bonds. The van der Waals surface area contributed by atoms with Gasteiger partial charge in [-0.15, -0.1) is 0 Å². The second kappa shape index (κ2) is 21.1. The van der Waals surface area contributed by atoms with E-state index in [0.29, 0.717) is 64.3 Å². The number of piperazine rings is 1. The van der Waals surface area contributed by atoms with Gasteiger partial charge >= 0.3 is 0 Å². The van der Waals surface area contributed by atoms with Gasteiger partial charge in [0.05, 0.1) is 29.6 Å². The van der Waals surface area contributed by atoms with Crippen LogP contribution in [-0.4, -0.2) is 118 Å². The van der Waals surface area contributed by atoms with Crippen LogP contribution in [-0.2, 0) is 4.79 Å². The van der Waals surface area contributed by atoms with Crippen LogP contribution in [0.4, 0.5) is 23.1 Å². The van der Waals surface area contributed by atoms with Gasteiger partial charge in [0.25, 0.3) is 11.5 Å². The van der Waals surface area contributed by atoms with E-state index in [4.69, 9.17) is 27.4 Å². The lowest BCUT2D eigenvalue weighted by Crippen LogP contribution is -2.49. The predicted octanol–water partition coefficient (Wildman–Crippen LogP) is 5.53. The molecular formula is C44H56ClN13O4.